The van der Waals surface area contributed by atoms with Gasteiger partial charge >= 0.3 is 0 Å². The van der Waals surface area contributed by atoms with Crippen LogP contribution in [0.3, 0.4) is 0 Å². The largest absolute Gasteiger partial charge is 0.345 e. The van der Waals surface area contributed by atoms with Gasteiger partial charge in [0.25, 0.3) is 0 Å². The van der Waals surface area contributed by atoms with E-state index >= 15 is 0 Å². The number of sulfonamides is 1. The van der Waals surface area contributed by atoms with Gasteiger partial charge in [-0.2, -0.15) is 9.40 Å². The summed E-state index contributed by atoms with van der Waals surface area (Å²) >= 11 is 0. The van der Waals surface area contributed by atoms with Crippen molar-refractivity contribution in [3.05, 3.63) is 47.8 Å². The van der Waals surface area contributed by atoms with E-state index in [1.807, 2.05) is 35.2 Å². The molecule has 216 valence electrons. The Balaban J connectivity index is 1.44. The number of nitrogens with one attached hydrogen (secondary N) is 2. The summed E-state index contributed by atoms with van der Waals surface area (Å²) in [6, 6.07) is 7.74. The van der Waals surface area contributed by atoms with Gasteiger partial charge in [0.2, 0.25) is 27.7 Å². The zero-order valence-electron chi connectivity index (χ0n) is 23.2. The molecule has 11 nitrogen and oxygen atoms in total. The monoisotopic (exact) mass is 570 g/mol. The number of hydrogen-bond acceptors (Lipinski definition) is 6. The van der Waals surface area contributed by atoms with Crippen molar-refractivity contribution in [1.82, 2.24) is 29.6 Å². The van der Waals surface area contributed by atoms with Crippen LogP contribution in [0, 0.1) is 18.8 Å². The van der Waals surface area contributed by atoms with Gasteiger partial charge in [0.1, 0.15) is 17.0 Å². The average molecular weight is 571 g/mol. The predicted molar refractivity (Wildman–Crippen MR) is 147 cm³/mol. The third-order valence-corrected chi connectivity index (χ3v) is 10.5. The number of aromatic nitrogens is 2. The average Bonchev–Trinajstić information content (AvgIpc) is 3.27. The van der Waals surface area contributed by atoms with Crippen molar-refractivity contribution < 1.29 is 22.8 Å². The third-order valence-electron chi connectivity index (χ3n) is 8.60. The van der Waals surface area contributed by atoms with Gasteiger partial charge in [0, 0.05) is 45.6 Å². The standard InChI is InChI=1S/C28H38N6O5S/c1-18-27(36)31-23(13-20-8-5-4-6-9-20)28(37)34-16-21-12-22(24(34)10-7-11-26(35)30-18)17-33(15-21)40(38,39)25-14-29-32(3)19(25)2/h4-6,8-9,14,18,21-24H,7,10-13,15-17H2,1-3H3,(H,30,35)(H,31,36)/t18-,21+,22-,23+,24+/m1/s1. The van der Waals surface area contributed by atoms with Crippen molar-refractivity contribution in [2.24, 2.45) is 18.9 Å². The second-order valence-electron chi connectivity index (χ2n) is 11.4. The van der Waals surface area contributed by atoms with E-state index in [9.17, 15) is 22.8 Å². The zero-order chi connectivity index (χ0) is 28.6. The molecule has 40 heavy (non-hydrogen) atoms. The summed E-state index contributed by atoms with van der Waals surface area (Å²) in [5, 5.41) is 9.78. The normalized spacial score (nSPS) is 28.6. The van der Waals surface area contributed by atoms with Gasteiger partial charge in [-0.05, 0) is 50.5 Å². The molecule has 0 spiro atoms. The maximum atomic E-state index is 14.2. The van der Waals surface area contributed by atoms with Crippen molar-refractivity contribution in [2.45, 2.75) is 69.0 Å². The fraction of sp³-hybridized carbons (Fsp3) is 0.571. The Bertz CT molecular complexity index is 1380. The topological polar surface area (TPSA) is 134 Å². The Hall–Kier alpha value is -3.25. The molecule has 1 aromatic heterocycles. The number of piperidine rings is 2. The fourth-order valence-electron chi connectivity index (χ4n) is 6.39. The van der Waals surface area contributed by atoms with Crippen LogP contribution in [0.25, 0.3) is 0 Å². The lowest BCUT2D eigenvalue weighted by molar-refractivity contribution is -0.145. The maximum absolute atomic E-state index is 14.2. The molecule has 0 aliphatic carbocycles. The Morgan fingerprint density at radius 1 is 1.05 bits per heavy atom. The molecule has 0 saturated carbocycles. The number of fused-ring (bicyclic) bond motifs is 4. The number of nitrogens with zero attached hydrogens (tertiary/aromatic N) is 4. The summed E-state index contributed by atoms with van der Waals surface area (Å²) in [5.41, 5.74) is 1.50. The summed E-state index contributed by atoms with van der Waals surface area (Å²) in [4.78, 5) is 41.8. The van der Waals surface area contributed by atoms with Gasteiger partial charge in [-0.1, -0.05) is 30.3 Å². The fourth-order valence-corrected chi connectivity index (χ4v) is 8.15. The highest BCUT2D eigenvalue weighted by molar-refractivity contribution is 7.89. The second kappa shape index (κ2) is 11.3. The molecule has 0 unspecified atom stereocenters. The van der Waals surface area contributed by atoms with Crippen LogP contribution in [0.5, 0.6) is 0 Å². The van der Waals surface area contributed by atoms with Crippen LogP contribution in [0.1, 0.15) is 43.9 Å². The van der Waals surface area contributed by atoms with E-state index < -0.39 is 28.0 Å². The molecular formula is C28H38N6O5S. The number of benzene rings is 1. The Morgan fingerprint density at radius 3 is 2.50 bits per heavy atom. The third kappa shape index (κ3) is 5.64. The van der Waals surface area contributed by atoms with E-state index in [-0.39, 0.29) is 41.0 Å². The van der Waals surface area contributed by atoms with E-state index in [0.29, 0.717) is 44.6 Å². The van der Waals surface area contributed by atoms with Crippen LogP contribution in [-0.4, -0.2) is 82.9 Å². The summed E-state index contributed by atoms with van der Waals surface area (Å²) in [5.74, 6) is -0.888. The lowest BCUT2D eigenvalue weighted by Gasteiger charge is -2.51. The van der Waals surface area contributed by atoms with Crippen molar-refractivity contribution in [2.75, 3.05) is 19.6 Å². The summed E-state index contributed by atoms with van der Waals surface area (Å²) < 4.78 is 30.4. The minimum absolute atomic E-state index is 0.0334. The molecule has 3 amide bonds. The number of rotatable bonds is 4. The van der Waals surface area contributed by atoms with Gasteiger partial charge in [-0.3, -0.25) is 19.1 Å². The van der Waals surface area contributed by atoms with Crippen LogP contribution in [0.2, 0.25) is 0 Å². The maximum Gasteiger partial charge on any atom is 0.246 e. The zero-order valence-corrected chi connectivity index (χ0v) is 24.1. The van der Waals surface area contributed by atoms with E-state index in [0.717, 1.165) is 12.0 Å². The van der Waals surface area contributed by atoms with Gasteiger partial charge in [0.05, 0.1) is 11.9 Å². The van der Waals surface area contributed by atoms with Gasteiger partial charge < -0.3 is 15.5 Å². The Kier molecular flexibility index (Phi) is 8.01. The van der Waals surface area contributed by atoms with E-state index in [1.165, 1.54) is 6.20 Å². The SMILES string of the molecule is Cc1c(S(=O)(=O)N2C[C@@H]3C[C@H](C2)[C@@H]2CCCC(=O)N[C@H](C)C(=O)N[C@@H](Cc4ccccc4)C(=O)N2C3)cnn1C. The molecule has 4 heterocycles. The Morgan fingerprint density at radius 2 is 1.80 bits per heavy atom. The van der Waals surface area contributed by atoms with Crippen LogP contribution < -0.4 is 10.6 Å². The van der Waals surface area contributed by atoms with E-state index in [1.54, 1.807) is 29.9 Å². The highest BCUT2D eigenvalue weighted by atomic mass is 32.2. The van der Waals surface area contributed by atoms with E-state index in [2.05, 4.69) is 15.7 Å². The van der Waals surface area contributed by atoms with Crippen LogP contribution in [0.15, 0.2) is 41.4 Å². The quantitative estimate of drug-likeness (QED) is 0.563. The number of aryl methyl sites for hydroxylation is 1. The van der Waals surface area contributed by atoms with Gasteiger partial charge in [0.15, 0.2) is 0 Å². The molecule has 2 bridgehead atoms. The van der Waals surface area contributed by atoms with Gasteiger partial charge in [-0.25, -0.2) is 8.42 Å². The van der Waals surface area contributed by atoms with E-state index in [4.69, 9.17) is 0 Å². The van der Waals surface area contributed by atoms with Gasteiger partial charge in [-0.15, -0.1) is 0 Å². The minimum Gasteiger partial charge on any atom is -0.345 e. The first-order chi connectivity index (χ1) is 19.0. The molecule has 3 aliphatic rings. The molecule has 3 fully saturated rings. The lowest BCUT2D eigenvalue weighted by Crippen LogP contribution is -2.63. The number of carbonyl (C=O) groups excluding carboxylic acids is 3. The number of carbonyl (C=O) groups is 3. The van der Waals surface area contributed by atoms with Crippen molar-refractivity contribution in [1.29, 1.82) is 0 Å². The van der Waals surface area contributed by atoms with Crippen molar-refractivity contribution in [3.63, 3.8) is 0 Å². The van der Waals surface area contributed by atoms with Crippen LogP contribution in [0.4, 0.5) is 0 Å². The molecule has 1 aromatic carbocycles. The molecular weight excluding hydrogens is 532 g/mol. The lowest BCUT2D eigenvalue weighted by atomic mass is 9.78. The predicted octanol–water partition coefficient (Wildman–Crippen LogP) is 0.982. The first-order valence-corrected chi connectivity index (χ1v) is 15.4. The molecule has 0 radical (unpaired) electrons. The van der Waals surface area contributed by atoms with Crippen LogP contribution in [-0.2, 0) is 37.9 Å². The summed E-state index contributed by atoms with van der Waals surface area (Å²) in [7, 11) is -2.04. The highest BCUT2D eigenvalue weighted by Gasteiger charge is 2.47. The molecule has 5 rings (SSSR count). The molecule has 5 atom stereocenters. The van der Waals surface area contributed by atoms with Crippen LogP contribution >= 0.6 is 0 Å². The highest BCUT2D eigenvalue weighted by Crippen LogP contribution is 2.38. The summed E-state index contributed by atoms with van der Waals surface area (Å²) in [6.07, 6.45) is 3.88. The minimum atomic E-state index is -3.75. The van der Waals surface area contributed by atoms with Crippen molar-refractivity contribution in [3.8, 4) is 0 Å². The van der Waals surface area contributed by atoms with Crippen molar-refractivity contribution >= 4 is 27.7 Å². The molecule has 2 N–H and O–H groups in total. The Labute approximate surface area is 235 Å². The molecule has 3 saturated heterocycles. The molecule has 2 aromatic rings. The first-order valence-electron chi connectivity index (χ1n) is 14.0. The summed E-state index contributed by atoms with van der Waals surface area (Å²) in [6.45, 7) is 4.38. The smallest absolute Gasteiger partial charge is 0.246 e. The molecule has 3 aliphatic heterocycles. The second-order valence-corrected chi connectivity index (χ2v) is 13.3. The number of amides is 3. The molecule has 12 heteroatoms. The first kappa shape index (κ1) is 28.3. The number of hydrogen-bond donors (Lipinski definition) is 2.